The second-order valence-electron chi connectivity index (χ2n) is 4.17. The number of aromatic nitrogens is 1. The summed E-state index contributed by atoms with van der Waals surface area (Å²) in [6.07, 6.45) is 1.38. The molecule has 2 rings (SSSR count). The average Bonchev–Trinajstić information content (AvgIpc) is 2.84. The molecule has 0 radical (unpaired) electrons. The largest absolute Gasteiger partial charge is 0.278 e. The predicted octanol–water partition coefficient (Wildman–Crippen LogP) is 2.05. The standard InChI is InChI=1S/C13H12N4O3S/c1-9-8-21-13(15-9)6-12(18)16-14-7-10-4-2-3-5-11(10)17(19)20/h2-5,7-8H,6H2,1H3,(H,16,18)/b14-7-. The van der Waals surface area contributed by atoms with Gasteiger partial charge in [0.15, 0.2) is 0 Å². The fourth-order valence-corrected chi connectivity index (χ4v) is 2.37. The molecule has 0 aliphatic rings. The monoisotopic (exact) mass is 304 g/mol. The van der Waals surface area contributed by atoms with Gasteiger partial charge in [-0.05, 0) is 13.0 Å². The van der Waals surface area contributed by atoms with Crippen molar-refractivity contribution in [3.8, 4) is 0 Å². The summed E-state index contributed by atoms with van der Waals surface area (Å²) in [7, 11) is 0. The zero-order chi connectivity index (χ0) is 15.2. The number of nitrogens with one attached hydrogen (secondary N) is 1. The van der Waals surface area contributed by atoms with E-state index >= 15 is 0 Å². The van der Waals surface area contributed by atoms with Crippen LogP contribution in [0.5, 0.6) is 0 Å². The molecular formula is C13H12N4O3S. The number of rotatable bonds is 5. The van der Waals surface area contributed by atoms with Crippen LogP contribution in [0.3, 0.4) is 0 Å². The van der Waals surface area contributed by atoms with E-state index < -0.39 is 4.92 Å². The van der Waals surface area contributed by atoms with E-state index in [0.29, 0.717) is 10.6 Å². The SMILES string of the molecule is Cc1csc(CC(=O)N/N=C\c2ccccc2[N+](=O)[O-])n1. The van der Waals surface area contributed by atoms with Gasteiger partial charge in [-0.3, -0.25) is 14.9 Å². The first-order chi connectivity index (χ1) is 10.1. The number of hydrogen-bond donors (Lipinski definition) is 1. The molecule has 0 atom stereocenters. The van der Waals surface area contributed by atoms with Crippen molar-refractivity contribution >= 4 is 29.1 Å². The summed E-state index contributed by atoms with van der Waals surface area (Å²) in [6.45, 7) is 1.85. The number of nitro benzene ring substituents is 1. The van der Waals surface area contributed by atoms with E-state index in [0.717, 1.165) is 5.69 Å². The summed E-state index contributed by atoms with van der Waals surface area (Å²) < 4.78 is 0. The van der Waals surface area contributed by atoms with Crippen molar-refractivity contribution in [2.75, 3.05) is 0 Å². The lowest BCUT2D eigenvalue weighted by Gasteiger charge is -1.98. The number of hydrogen-bond acceptors (Lipinski definition) is 6. The highest BCUT2D eigenvalue weighted by molar-refractivity contribution is 7.09. The van der Waals surface area contributed by atoms with E-state index in [1.54, 1.807) is 18.2 Å². The predicted molar refractivity (Wildman–Crippen MR) is 79.4 cm³/mol. The number of nitro groups is 1. The summed E-state index contributed by atoms with van der Waals surface area (Å²) in [4.78, 5) is 26.1. The molecule has 7 nitrogen and oxygen atoms in total. The van der Waals surface area contributed by atoms with E-state index in [1.165, 1.54) is 23.6 Å². The van der Waals surface area contributed by atoms with Gasteiger partial charge in [0.1, 0.15) is 5.01 Å². The van der Waals surface area contributed by atoms with Crippen LogP contribution >= 0.6 is 11.3 Å². The van der Waals surface area contributed by atoms with E-state index in [-0.39, 0.29) is 18.0 Å². The van der Waals surface area contributed by atoms with Gasteiger partial charge in [0.25, 0.3) is 5.69 Å². The first-order valence-electron chi connectivity index (χ1n) is 6.02. The molecule has 2 aromatic rings. The molecule has 0 aliphatic heterocycles. The molecule has 0 saturated heterocycles. The number of hydrazone groups is 1. The first-order valence-corrected chi connectivity index (χ1v) is 6.90. The van der Waals surface area contributed by atoms with Crippen LogP contribution in [-0.4, -0.2) is 22.0 Å². The summed E-state index contributed by atoms with van der Waals surface area (Å²) >= 11 is 1.40. The van der Waals surface area contributed by atoms with Crippen LogP contribution in [0.4, 0.5) is 5.69 Å². The Labute approximate surface area is 124 Å². The normalized spacial score (nSPS) is 10.7. The smallest absolute Gasteiger partial charge is 0.273 e. The van der Waals surface area contributed by atoms with Crippen molar-refractivity contribution in [3.63, 3.8) is 0 Å². The third-order valence-electron chi connectivity index (χ3n) is 2.50. The Morgan fingerprint density at radius 3 is 2.95 bits per heavy atom. The minimum Gasteiger partial charge on any atom is -0.273 e. The molecule has 1 N–H and O–H groups in total. The number of carbonyl (C=O) groups is 1. The second kappa shape index (κ2) is 6.71. The Morgan fingerprint density at radius 1 is 1.52 bits per heavy atom. The Bertz CT molecular complexity index is 696. The number of amides is 1. The maximum absolute atomic E-state index is 11.6. The van der Waals surface area contributed by atoms with Gasteiger partial charge < -0.3 is 0 Å². The summed E-state index contributed by atoms with van der Waals surface area (Å²) in [5.74, 6) is -0.320. The maximum Gasteiger partial charge on any atom is 0.278 e. The van der Waals surface area contributed by atoms with Gasteiger partial charge >= 0.3 is 0 Å². The number of thiazole rings is 1. The second-order valence-corrected chi connectivity index (χ2v) is 5.11. The van der Waals surface area contributed by atoms with Gasteiger partial charge in [-0.1, -0.05) is 12.1 Å². The zero-order valence-corrected chi connectivity index (χ0v) is 12.0. The third-order valence-corrected chi connectivity index (χ3v) is 3.47. The van der Waals surface area contributed by atoms with E-state index in [4.69, 9.17) is 0 Å². The Hall–Kier alpha value is -2.61. The number of carbonyl (C=O) groups excluding carboxylic acids is 1. The van der Waals surface area contributed by atoms with Gasteiger partial charge in [0, 0.05) is 17.1 Å². The van der Waals surface area contributed by atoms with Crippen molar-refractivity contribution in [3.05, 3.63) is 56.0 Å². The molecule has 1 heterocycles. The molecule has 21 heavy (non-hydrogen) atoms. The minimum atomic E-state index is -0.498. The van der Waals surface area contributed by atoms with Crippen molar-refractivity contribution in [2.45, 2.75) is 13.3 Å². The van der Waals surface area contributed by atoms with Crippen LogP contribution in [-0.2, 0) is 11.2 Å². The fraction of sp³-hybridized carbons (Fsp3) is 0.154. The number of benzene rings is 1. The topological polar surface area (TPSA) is 97.5 Å². The van der Waals surface area contributed by atoms with Gasteiger partial charge in [-0.15, -0.1) is 11.3 Å². The molecule has 0 fully saturated rings. The van der Waals surface area contributed by atoms with Crippen molar-refractivity contribution < 1.29 is 9.72 Å². The van der Waals surface area contributed by atoms with Gasteiger partial charge in [0.05, 0.1) is 23.1 Å². The highest BCUT2D eigenvalue weighted by atomic mass is 32.1. The van der Waals surface area contributed by atoms with E-state index in [1.807, 2.05) is 12.3 Å². The van der Waals surface area contributed by atoms with E-state index in [9.17, 15) is 14.9 Å². The third kappa shape index (κ3) is 4.18. The quantitative estimate of drug-likeness (QED) is 0.519. The zero-order valence-electron chi connectivity index (χ0n) is 11.1. The Morgan fingerprint density at radius 2 is 2.29 bits per heavy atom. The fourth-order valence-electron chi connectivity index (χ4n) is 1.60. The number of nitrogens with zero attached hydrogens (tertiary/aromatic N) is 3. The van der Waals surface area contributed by atoms with Crippen LogP contribution in [0.2, 0.25) is 0 Å². The number of aryl methyl sites for hydroxylation is 1. The minimum absolute atomic E-state index is 0.0638. The molecule has 0 spiro atoms. The molecule has 108 valence electrons. The van der Waals surface area contributed by atoms with Crippen molar-refractivity contribution in [2.24, 2.45) is 5.10 Å². The molecule has 1 aromatic carbocycles. The summed E-state index contributed by atoms with van der Waals surface area (Å²) in [6, 6.07) is 6.16. The van der Waals surface area contributed by atoms with Crippen LogP contribution in [0.1, 0.15) is 16.3 Å². The van der Waals surface area contributed by atoms with Gasteiger partial charge in [0.2, 0.25) is 5.91 Å². The molecule has 0 bridgehead atoms. The molecule has 1 aromatic heterocycles. The average molecular weight is 304 g/mol. The Kier molecular flexibility index (Phi) is 4.72. The molecule has 0 aliphatic carbocycles. The highest BCUT2D eigenvalue weighted by Crippen LogP contribution is 2.15. The summed E-state index contributed by atoms with van der Waals surface area (Å²) in [5.41, 5.74) is 3.46. The molecule has 1 amide bonds. The van der Waals surface area contributed by atoms with Crippen LogP contribution in [0, 0.1) is 17.0 Å². The van der Waals surface area contributed by atoms with Crippen LogP contribution in [0.25, 0.3) is 0 Å². The van der Waals surface area contributed by atoms with Crippen molar-refractivity contribution in [1.82, 2.24) is 10.4 Å². The van der Waals surface area contributed by atoms with Gasteiger partial charge in [-0.2, -0.15) is 5.10 Å². The molecule has 0 saturated carbocycles. The lowest BCUT2D eigenvalue weighted by atomic mass is 10.2. The van der Waals surface area contributed by atoms with E-state index in [2.05, 4.69) is 15.5 Å². The Balaban J connectivity index is 1.96. The lowest BCUT2D eigenvalue weighted by molar-refractivity contribution is -0.385. The van der Waals surface area contributed by atoms with Gasteiger partial charge in [-0.25, -0.2) is 10.4 Å². The molecule has 8 heteroatoms. The van der Waals surface area contributed by atoms with Crippen LogP contribution in [0.15, 0.2) is 34.7 Å². The lowest BCUT2D eigenvalue weighted by Crippen LogP contribution is -2.19. The maximum atomic E-state index is 11.6. The first kappa shape index (κ1) is 14.8. The summed E-state index contributed by atoms with van der Waals surface area (Å²) in [5, 5.41) is 17.1. The number of para-hydroxylation sites is 1. The van der Waals surface area contributed by atoms with Crippen molar-refractivity contribution in [1.29, 1.82) is 0 Å². The molecular weight excluding hydrogens is 292 g/mol. The molecule has 0 unspecified atom stereocenters. The van der Waals surface area contributed by atoms with Crippen LogP contribution < -0.4 is 5.43 Å². The highest BCUT2D eigenvalue weighted by Gasteiger charge is 2.10.